The molecule has 0 aromatic carbocycles. The zero-order valence-electron chi connectivity index (χ0n) is 9.90. The van der Waals surface area contributed by atoms with Gasteiger partial charge in [-0.15, -0.1) is 0 Å². The van der Waals surface area contributed by atoms with Gasteiger partial charge < -0.3 is 5.32 Å². The first-order valence-corrected chi connectivity index (χ1v) is 7.77. The van der Waals surface area contributed by atoms with Crippen LogP contribution in [-0.4, -0.2) is 21.7 Å². The predicted octanol–water partition coefficient (Wildman–Crippen LogP) is 3.56. The molecule has 0 aliphatic carbocycles. The highest BCUT2D eigenvalue weighted by Crippen LogP contribution is 2.37. The van der Waals surface area contributed by atoms with Crippen molar-refractivity contribution in [2.24, 2.45) is 5.92 Å². The van der Waals surface area contributed by atoms with Gasteiger partial charge in [-0.1, -0.05) is 20.3 Å². The Labute approximate surface area is 106 Å². The Morgan fingerprint density at radius 1 is 1.44 bits per heavy atom. The number of anilines is 1. The summed E-state index contributed by atoms with van der Waals surface area (Å²) in [6.45, 7) is 5.38. The van der Waals surface area contributed by atoms with E-state index in [1.165, 1.54) is 36.5 Å². The molecule has 1 aromatic rings. The summed E-state index contributed by atoms with van der Waals surface area (Å²) in [5.74, 6) is 2.95. The van der Waals surface area contributed by atoms with Crippen LogP contribution in [0.1, 0.15) is 44.2 Å². The van der Waals surface area contributed by atoms with Gasteiger partial charge in [-0.3, -0.25) is 0 Å². The minimum atomic E-state index is 0.541. The van der Waals surface area contributed by atoms with E-state index in [0.29, 0.717) is 11.2 Å². The van der Waals surface area contributed by atoms with Gasteiger partial charge in [-0.2, -0.15) is 16.1 Å². The number of thioether (sulfide) groups is 1. The predicted molar refractivity (Wildman–Crippen MR) is 72.3 cm³/mol. The molecule has 0 bridgehead atoms. The SMILES string of the molecule is CC(C)CNc1nc(C2CCCCS2)ns1. The molecule has 1 aromatic heterocycles. The Balaban J connectivity index is 1.90. The van der Waals surface area contributed by atoms with Gasteiger partial charge in [0.1, 0.15) is 0 Å². The molecule has 2 rings (SSSR count). The van der Waals surface area contributed by atoms with E-state index in [0.717, 1.165) is 17.5 Å². The van der Waals surface area contributed by atoms with Crippen LogP contribution in [0, 0.1) is 5.92 Å². The van der Waals surface area contributed by atoms with Gasteiger partial charge in [0.25, 0.3) is 0 Å². The van der Waals surface area contributed by atoms with Crippen LogP contribution in [0.5, 0.6) is 0 Å². The highest BCUT2D eigenvalue weighted by atomic mass is 32.2. The summed E-state index contributed by atoms with van der Waals surface area (Å²) in [6, 6.07) is 0. The highest BCUT2D eigenvalue weighted by molar-refractivity contribution is 7.99. The molecule has 1 aliphatic rings. The Morgan fingerprint density at radius 2 is 2.31 bits per heavy atom. The Kier molecular flexibility index (Phi) is 4.46. The quantitative estimate of drug-likeness (QED) is 0.895. The first kappa shape index (κ1) is 12.2. The van der Waals surface area contributed by atoms with Crippen molar-refractivity contribution >= 4 is 28.4 Å². The van der Waals surface area contributed by atoms with Crippen LogP contribution in [-0.2, 0) is 0 Å². The fraction of sp³-hybridized carbons (Fsp3) is 0.818. The van der Waals surface area contributed by atoms with Gasteiger partial charge in [-0.05, 0) is 24.5 Å². The lowest BCUT2D eigenvalue weighted by atomic mass is 10.2. The Bertz CT molecular complexity index is 319. The standard InChI is InChI=1S/C11H19N3S2/c1-8(2)7-12-11-13-10(14-16-11)9-5-3-4-6-15-9/h8-9H,3-7H2,1-2H3,(H,12,13,14). The minimum absolute atomic E-state index is 0.541. The van der Waals surface area contributed by atoms with Crippen molar-refractivity contribution in [1.29, 1.82) is 0 Å². The summed E-state index contributed by atoms with van der Waals surface area (Å²) >= 11 is 3.51. The number of rotatable bonds is 4. The largest absolute Gasteiger partial charge is 0.360 e. The van der Waals surface area contributed by atoms with Crippen molar-refractivity contribution in [3.63, 3.8) is 0 Å². The molecule has 1 unspecified atom stereocenters. The molecule has 1 fully saturated rings. The maximum Gasteiger partial charge on any atom is 0.202 e. The number of aromatic nitrogens is 2. The summed E-state index contributed by atoms with van der Waals surface area (Å²) < 4.78 is 4.47. The van der Waals surface area contributed by atoms with Crippen molar-refractivity contribution in [1.82, 2.24) is 9.36 Å². The molecule has 3 nitrogen and oxygen atoms in total. The molecular formula is C11H19N3S2. The maximum atomic E-state index is 4.58. The molecule has 0 amide bonds. The lowest BCUT2D eigenvalue weighted by molar-refractivity contribution is 0.667. The van der Waals surface area contributed by atoms with Gasteiger partial charge in [0, 0.05) is 18.1 Å². The first-order valence-electron chi connectivity index (χ1n) is 5.95. The molecular weight excluding hydrogens is 238 g/mol. The normalized spacial score (nSPS) is 21.3. The topological polar surface area (TPSA) is 37.8 Å². The van der Waals surface area contributed by atoms with E-state index in [4.69, 9.17) is 0 Å². The lowest BCUT2D eigenvalue weighted by Gasteiger charge is -2.17. The lowest BCUT2D eigenvalue weighted by Crippen LogP contribution is -2.08. The van der Waals surface area contributed by atoms with Crippen LogP contribution in [0.3, 0.4) is 0 Å². The van der Waals surface area contributed by atoms with Crippen LogP contribution in [0.4, 0.5) is 5.13 Å². The fourth-order valence-corrected chi connectivity index (χ4v) is 3.61. The molecule has 2 heterocycles. The van der Waals surface area contributed by atoms with Crippen LogP contribution in [0.15, 0.2) is 0 Å². The van der Waals surface area contributed by atoms with Crippen LogP contribution < -0.4 is 5.32 Å². The monoisotopic (exact) mass is 257 g/mol. The molecule has 0 radical (unpaired) electrons. The zero-order chi connectivity index (χ0) is 11.4. The molecule has 0 saturated carbocycles. The number of nitrogens with zero attached hydrogens (tertiary/aromatic N) is 2. The number of hydrogen-bond donors (Lipinski definition) is 1. The first-order chi connectivity index (χ1) is 7.75. The van der Waals surface area contributed by atoms with E-state index < -0.39 is 0 Å². The third kappa shape index (κ3) is 3.35. The summed E-state index contributed by atoms with van der Waals surface area (Å²) in [5.41, 5.74) is 0. The molecule has 1 N–H and O–H groups in total. The van der Waals surface area contributed by atoms with Gasteiger partial charge >= 0.3 is 0 Å². The van der Waals surface area contributed by atoms with E-state index in [1.807, 2.05) is 11.8 Å². The fourth-order valence-electron chi connectivity index (χ4n) is 1.67. The second-order valence-electron chi connectivity index (χ2n) is 4.59. The van der Waals surface area contributed by atoms with Crippen molar-refractivity contribution in [3.05, 3.63) is 5.82 Å². The van der Waals surface area contributed by atoms with Gasteiger partial charge in [0.15, 0.2) is 5.82 Å². The van der Waals surface area contributed by atoms with Crippen LogP contribution >= 0.6 is 23.3 Å². The second-order valence-corrected chi connectivity index (χ2v) is 6.65. The van der Waals surface area contributed by atoms with Crippen molar-refractivity contribution < 1.29 is 0 Å². The molecule has 1 atom stereocenters. The number of nitrogens with one attached hydrogen (secondary N) is 1. The molecule has 5 heteroatoms. The molecule has 1 saturated heterocycles. The van der Waals surface area contributed by atoms with Crippen molar-refractivity contribution in [2.75, 3.05) is 17.6 Å². The van der Waals surface area contributed by atoms with Gasteiger partial charge in [0.05, 0.1) is 5.25 Å². The zero-order valence-corrected chi connectivity index (χ0v) is 11.5. The summed E-state index contributed by atoms with van der Waals surface area (Å²) in [5, 5.41) is 4.86. The number of hydrogen-bond acceptors (Lipinski definition) is 5. The molecule has 16 heavy (non-hydrogen) atoms. The highest BCUT2D eigenvalue weighted by Gasteiger charge is 2.20. The smallest absolute Gasteiger partial charge is 0.202 e. The summed E-state index contributed by atoms with van der Waals surface area (Å²) in [7, 11) is 0. The maximum absolute atomic E-state index is 4.58. The van der Waals surface area contributed by atoms with Crippen LogP contribution in [0.25, 0.3) is 0 Å². The van der Waals surface area contributed by atoms with E-state index in [1.54, 1.807) is 0 Å². The average Bonchev–Trinajstić information content (AvgIpc) is 2.76. The molecule has 1 aliphatic heterocycles. The van der Waals surface area contributed by atoms with E-state index in [-0.39, 0.29) is 0 Å². The van der Waals surface area contributed by atoms with E-state index in [9.17, 15) is 0 Å². The summed E-state index contributed by atoms with van der Waals surface area (Å²) in [6.07, 6.45) is 3.92. The van der Waals surface area contributed by atoms with Crippen molar-refractivity contribution in [3.8, 4) is 0 Å². The third-order valence-corrected chi connectivity index (χ3v) is 4.63. The van der Waals surface area contributed by atoms with Gasteiger partial charge in [0.2, 0.25) is 5.13 Å². The van der Waals surface area contributed by atoms with Gasteiger partial charge in [-0.25, -0.2) is 4.98 Å². The van der Waals surface area contributed by atoms with E-state index in [2.05, 4.69) is 28.5 Å². The van der Waals surface area contributed by atoms with Crippen molar-refractivity contribution in [2.45, 2.75) is 38.4 Å². The minimum Gasteiger partial charge on any atom is -0.360 e. The third-order valence-electron chi connectivity index (χ3n) is 2.57. The van der Waals surface area contributed by atoms with Crippen LogP contribution in [0.2, 0.25) is 0 Å². The Morgan fingerprint density at radius 3 is 3.00 bits per heavy atom. The molecule has 90 valence electrons. The average molecular weight is 257 g/mol. The molecule has 0 spiro atoms. The van der Waals surface area contributed by atoms with E-state index >= 15 is 0 Å². The second kappa shape index (κ2) is 5.87. The Hall–Kier alpha value is -0.290. The summed E-state index contributed by atoms with van der Waals surface area (Å²) in [4.78, 5) is 4.58.